The molecule has 0 radical (unpaired) electrons. The van der Waals surface area contributed by atoms with Crippen LogP contribution in [0.15, 0.2) is 29.8 Å². The number of alkyl halides is 1. The molecule has 1 aliphatic carbocycles. The Morgan fingerprint density at radius 1 is 1.31 bits per heavy atom. The van der Waals surface area contributed by atoms with Gasteiger partial charge in [-0.25, -0.2) is 8.78 Å². The number of nitrogens with two attached hydrogens (primary N) is 1. The lowest BCUT2D eigenvalue weighted by Gasteiger charge is -2.40. The van der Waals surface area contributed by atoms with E-state index in [4.69, 9.17) is 17.3 Å². The standard InChI is InChI=1S/C22H30ClF2N3O/c1-21(2)12-15(3-4-19(21)26)13-28-7-5-22(25,6-8-28)14-27-20(29)16-9-17(23)11-18(24)10-16/h3,9-11,19H,4-8,12-14,26H2,1-2H3,(H,27,29)/t19-/m1/s1. The van der Waals surface area contributed by atoms with Gasteiger partial charge in [-0.1, -0.05) is 37.1 Å². The summed E-state index contributed by atoms with van der Waals surface area (Å²) in [5.41, 5.74) is 6.30. The lowest BCUT2D eigenvalue weighted by atomic mass is 9.73. The minimum absolute atomic E-state index is 0.0849. The van der Waals surface area contributed by atoms with Crippen LogP contribution in [0.1, 0.15) is 49.9 Å². The Balaban J connectivity index is 1.48. The van der Waals surface area contributed by atoms with E-state index in [0.29, 0.717) is 25.9 Å². The van der Waals surface area contributed by atoms with Crippen molar-refractivity contribution >= 4 is 17.5 Å². The molecule has 160 valence electrons. The van der Waals surface area contributed by atoms with Gasteiger partial charge >= 0.3 is 0 Å². The van der Waals surface area contributed by atoms with Gasteiger partial charge in [0.05, 0.1) is 6.54 Å². The number of carbonyl (C=O) groups is 1. The molecule has 1 saturated heterocycles. The van der Waals surface area contributed by atoms with E-state index in [1.165, 1.54) is 11.6 Å². The third kappa shape index (κ3) is 5.77. The Bertz CT molecular complexity index is 768. The van der Waals surface area contributed by atoms with Crippen LogP contribution in [0, 0.1) is 11.2 Å². The number of benzene rings is 1. The van der Waals surface area contributed by atoms with Gasteiger partial charge in [0.2, 0.25) is 0 Å². The topological polar surface area (TPSA) is 58.4 Å². The number of nitrogens with one attached hydrogen (secondary N) is 1. The number of amides is 1. The fraction of sp³-hybridized carbons (Fsp3) is 0.591. The molecule has 0 saturated carbocycles. The molecular weight excluding hydrogens is 396 g/mol. The molecule has 7 heteroatoms. The number of hydrogen-bond acceptors (Lipinski definition) is 3. The quantitative estimate of drug-likeness (QED) is 0.698. The van der Waals surface area contributed by atoms with Gasteiger partial charge in [0.15, 0.2) is 0 Å². The monoisotopic (exact) mass is 425 g/mol. The van der Waals surface area contributed by atoms with Crippen molar-refractivity contribution in [2.75, 3.05) is 26.2 Å². The highest BCUT2D eigenvalue weighted by molar-refractivity contribution is 6.31. The van der Waals surface area contributed by atoms with E-state index in [-0.39, 0.29) is 28.6 Å². The third-order valence-corrected chi connectivity index (χ3v) is 6.43. The largest absolute Gasteiger partial charge is 0.349 e. The van der Waals surface area contributed by atoms with E-state index >= 15 is 4.39 Å². The number of nitrogens with zero attached hydrogens (tertiary/aromatic N) is 1. The zero-order valence-electron chi connectivity index (χ0n) is 17.1. The Labute approximate surface area is 176 Å². The summed E-state index contributed by atoms with van der Waals surface area (Å²) >= 11 is 5.78. The van der Waals surface area contributed by atoms with Crippen LogP contribution in [0.4, 0.5) is 8.78 Å². The first-order valence-corrected chi connectivity index (χ1v) is 10.5. The maximum absolute atomic E-state index is 15.2. The molecule has 1 fully saturated rings. The van der Waals surface area contributed by atoms with Crippen molar-refractivity contribution in [1.82, 2.24) is 10.2 Å². The molecule has 0 spiro atoms. The fourth-order valence-corrected chi connectivity index (χ4v) is 4.34. The molecule has 0 unspecified atom stereocenters. The molecule has 1 aromatic rings. The molecule has 3 rings (SSSR count). The molecule has 1 aromatic carbocycles. The van der Waals surface area contributed by atoms with Crippen LogP contribution in [0.25, 0.3) is 0 Å². The summed E-state index contributed by atoms with van der Waals surface area (Å²) in [4.78, 5) is 14.5. The van der Waals surface area contributed by atoms with Crippen LogP contribution in [0.3, 0.4) is 0 Å². The Kier molecular flexibility index (Phi) is 6.66. The SMILES string of the molecule is CC1(C)CC(CN2CCC(F)(CNC(=O)c3cc(F)cc(Cl)c3)CC2)=CC[C@H]1N. The Morgan fingerprint density at radius 2 is 2.00 bits per heavy atom. The average molecular weight is 426 g/mol. The van der Waals surface area contributed by atoms with Gasteiger partial charge in [-0.3, -0.25) is 9.69 Å². The summed E-state index contributed by atoms with van der Waals surface area (Å²) in [6.45, 7) is 6.44. The van der Waals surface area contributed by atoms with Gasteiger partial charge in [-0.15, -0.1) is 0 Å². The first-order chi connectivity index (χ1) is 13.6. The summed E-state index contributed by atoms with van der Waals surface area (Å²) in [6, 6.07) is 3.78. The minimum atomic E-state index is -1.45. The van der Waals surface area contributed by atoms with Crippen LogP contribution in [0.2, 0.25) is 5.02 Å². The molecule has 0 aromatic heterocycles. The highest BCUT2D eigenvalue weighted by Gasteiger charge is 2.36. The lowest BCUT2D eigenvalue weighted by Crippen LogP contribution is -2.49. The second kappa shape index (κ2) is 8.70. The normalized spacial score (nSPS) is 24.1. The highest BCUT2D eigenvalue weighted by Crippen LogP contribution is 2.35. The van der Waals surface area contributed by atoms with Crippen LogP contribution in [-0.2, 0) is 0 Å². The first-order valence-electron chi connectivity index (χ1n) is 10.2. The molecule has 1 heterocycles. The predicted octanol–water partition coefficient (Wildman–Crippen LogP) is 4.09. The van der Waals surface area contributed by atoms with E-state index in [0.717, 1.165) is 31.5 Å². The molecular formula is C22H30ClF2N3O. The van der Waals surface area contributed by atoms with Crippen molar-refractivity contribution < 1.29 is 13.6 Å². The Hall–Kier alpha value is -1.50. The summed E-state index contributed by atoms with van der Waals surface area (Å²) < 4.78 is 28.6. The number of halogens is 3. The van der Waals surface area contributed by atoms with Gasteiger partial charge in [-0.05, 0) is 49.3 Å². The van der Waals surface area contributed by atoms with Crippen LogP contribution in [0.5, 0.6) is 0 Å². The summed E-state index contributed by atoms with van der Waals surface area (Å²) in [5, 5.41) is 2.73. The number of carbonyl (C=O) groups excluding carboxylic acids is 1. The number of hydrogen-bond donors (Lipinski definition) is 2. The summed E-state index contributed by atoms with van der Waals surface area (Å²) in [6.07, 6.45) is 4.80. The maximum atomic E-state index is 15.2. The summed E-state index contributed by atoms with van der Waals surface area (Å²) in [5.74, 6) is -1.11. The molecule has 1 amide bonds. The minimum Gasteiger partial charge on any atom is -0.349 e. The van der Waals surface area contributed by atoms with Crippen LogP contribution in [-0.4, -0.2) is 48.7 Å². The highest BCUT2D eigenvalue weighted by atomic mass is 35.5. The van der Waals surface area contributed by atoms with Crippen molar-refractivity contribution in [3.05, 3.63) is 46.3 Å². The average Bonchev–Trinajstić information content (AvgIpc) is 2.64. The van der Waals surface area contributed by atoms with Gasteiger partial charge in [-0.2, -0.15) is 0 Å². The second-order valence-electron chi connectivity index (χ2n) is 9.14. The van der Waals surface area contributed by atoms with Gasteiger partial charge in [0.1, 0.15) is 11.5 Å². The molecule has 0 bridgehead atoms. The van der Waals surface area contributed by atoms with Crippen molar-refractivity contribution in [1.29, 1.82) is 0 Å². The fourth-order valence-electron chi connectivity index (χ4n) is 4.12. The van der Waals surface area contributed by atoms with Crippen molar-refractivity contribution in [3.8, 4) is 0 Å². The maximum Gasteiger partial charge on any atom is 0.251 e. The van der Waals surface area contributed by atoms with Crippen molar-refractivity contribution in [2.24, 2.45) is 11.1 Å². The van der Waals surface area contributed by atoms with E-state index in [9.17, 15) is 9.18 Å². The van der Waals surface area contributed by atoms with E-state index in [1.54, 1.807) is 0 Å². The van der Waals surface area contributed by atoms with Gasteiger partial charge in [0.25, 0.3) is 5.91 Å². The van der Waals surface area contributed by atoms with Crippen LogP contribution < -0.4 is 11.1 Å². The molecule has 4 nitrogen and oxygen atoms in total. The molecule has 3 N–H and O–H groups in total. The molecule has 1 atom stereocenters. The van der Waals surface area contributed by atoms with Gasteiger partial charge in [0, 0.05) is 36.3 Å². The zero-order valence-corrected chi connectivity index (χ0v) is 17.9. The van der Waals surface area contributed by atoms with Gasteiger partial charge < -0.3 is 11.1 Å². The number of rotatable bonds is 5. The third-order valence-electron chi connectivity index (χ3n) is 6.22. The second-order valence-corrected chi connectivity index (χ2v) is 9.57. The lowest BCUT2D eigenvalue weighted by molar-refractivity contribution is 0.0566. The predicted molar refractivity (Wildman–Crippen MR) is 112 cm³/mol. The van der Waals surface area contributed by atoms with Crippen LogP contribution >= 0.6 is 11.6 Å². The van der Waals surface area contributed by atoms with E-state index < -0.39 is 17.4 Å². The zero-order chi connectivity index (χ0) is 21.2. The number of piperidine rings is 1. The molecule has 2 aliphatic rings. The van der Waals surface area contributed by atoms with E-state index in [2.05, 4.69) is 30.1 Å². The van der Waals surface area contributed by atoms with Crippen molar-refractivity contribution in [2.45, 2.75) is 51.2 Å². The van der Waals surface area contributed by atoms with Crippen molar-refractivity contribution in [3.63, 3.8) is 0 Å². The number of likely N-dealkylation sites (tertiary alicyclic amines) is 1. The summed E-state index contributed by atoms with van der Waals surface area (Å²) in [7, 11) is 0. The Morgan fingerprint density at radius 3 is 2.62 bits per heavy atom. The molecule has 29 heavy (non-hydrogen) atoms. The smallest absolute Gasteiger partial charge is 0.251 e. The van der Waals surface area contributed by atoms with E-state index in [1.807, 2.05) is 0 Å². The molecule has 1 aliphatic heterocycles. The first kappa shape index (κ1) is 22.2.